The van der Waals surface area contributed by atoms with Crippen LogP contribution < -0.4 is 14.8 Å². The minimum Gasteiger partial charge on any atom is -0.496 e. The van der Waals surface area contributed by atoms with Crippen molar-refractivity contribution in [3.8, 4) is 11.5 Å². The van der Waals surface area contributed by atoms with Gasteiger partial charge in [0, 0.05) is 5.56 Å². The Kier molecular flexibility index (Phi) is 5.16. The molecule has 0 saturated carbocycles. The minimum atomic E-state index is -0.225. The first kappa shape index (κ1) is 14.5. The molecule has 0 spiro atoms. The molecule has 1 atom stereocenters. The van der Waals surface area contributed by atoms with Crippen LogP contribution in [0.2, 0.25) is 0 Å². The molecule has 0 saturated heterocycles. The van der Waals surface area contributed by atoms with Crippen LogP contribution in [0, 0.1) is 6.92 Å². The van der Waals surface area contributed by atoms with Crippen molar-refractivity contribution in [2.24, 2.45) is 0 Å². The minimum absolute atomic E-state index is 0.0273. The van der Waals surface area contributed by atoms with E-state index in [4.69, 9.17) is 9.47 Å². The molecular weight excluding hydrogens is 230 g/mol. The first-order chi connectivity index (χ1) is 8.56. The van der Waals surface area contributed by atoms with Gasteiger partial charge in [-0.3, -0.25) is 4.79 Å². The number of likely N-dealkylation sites (N-methyl/N-ethyl adjacent to an activating group) is 1. The summed E-state index contributed by atoms with van der Waals surface area (Å²) in [6, 6.07) is 3.32. The number of rotatable bonds is 6. The molecule has 0 heterocycles. The lowest BCUT2D eigenvalue weighted by atomic mass is 10.0. The maximum absolute atomic E-state index is 12.3. The number of ketones is 1. The summed E-state index contributed by atoms with van der Waals surface area (Å²) < 4.78 is 10.6. The Labute approximate surface area is 108 Å². The highest BCUT2D eigenvalue weighted by Gasteiger charge is 2.21. The van der Waals surface area contributed by atoms with E-state index < -0.39 is 0 Å². The molecule has 1 N–H and O–H groups in total. The third-order valence-corrected chi connectivity index (χ3v) is 2.95. The highest BCUT2D eigenvalue weighted by atomic mass is 16.5. The monoisotopic (exact) mass is 251 g/mol. The number of nitrogens with one attached hydrogen (secondary N) is 1. The van der Waals surface area contributed by atoms with E-state index in [9.17, 15) is 4.79 Å². The van der Waals surface area contributed by atoms with Crippen LogP contribution in [0.25, 0.3) is 0 Å². The molecule has 1 rings (SSSR count). The van der Waals surface area contributed by atoms with Gasteiger partial charge < -0.3 is 14.8 Å². The lowest BCUT2D eigenvalue weighted by Crippen LogP contribution is -2.34. The molecule has 0 amide bonds. The van der Waals surface area contributed by atoms with Crippen LogP contribution in [0.5, 0.6) is 11.5 Å². The van der Waals surface area contributed by atoms with Crippen molar-refractivity contribution < 1.29 is 14.3 Å². The zero-order chi connectivity index (χ0) is 13.7. The fourth-order valence-corrected chi connectivity index (χ4v) is 1.98. The Hall–Kier alpha value is -1.55. The highest BCUT2D eigenvalue weighted by molar-refractivity contribution is 6.02. The van der Waals surface area contributed by atoms with E-state index in [1.807, 2.05) is 20.8 Å². The number of ether oxygens (including phenoxy) is 2. The van der Waals surface area contributed by atoms with E-state index in [0.29, 0.717) is 11.3 Å². The number of methoxy groups -OCH3 is 2. The molecule has 1 aromatic carbocycles. The molecule has 1 unspecified atom stereocenters. The fourth-order valence-electron chi connectivity index (χ4n) is 1.98. The van der Waals surface area contributed by atoms with Crippen molar-refractivity contribution in [2.45, 2.75) is 26.8 Å². The smallest absolute Gasteiger partial charge is 0.183 e. The molecule has 0 fully saturated rings. The highest BCUT2D eigenvalue weighted by Crippen LogP contribution is 2.31. The van der Waals surface area contributed by atoms with Crippen molar-refractivity contribution in [3.05, 3.63) is 23.3 Å². The molecule has 100 valence electrons. The van der Waals surface area contributed by atoms with Crippen LogP contribution in [0.3, 0.4) is 0 Å². The topological polar surface area (TPSA) is 47.6 Å². The Morgan fingerprint density at radius 3 is 2.50 bits per heavy atom. The number of hydrogen-bond acceptors (Lipinski definition) is 4. The molecule has 4 heteroatoms. The van der Waals surface area contributed by atoms with E-state index >= 15 is 0 Å². The average molecular weight is 251 g/mol. The van der Waals surface area contributed by atoms with Crippen LogP contribution in [-0.4, -0.2) is 32.6 Å². The Bertz CT molecular complexity index is 429. The molecule has 1 aromatic rings. The van der Waals surface area contributed by atoms with Crippen molar-refractivity contribution in [2.75, 3.05) is 20.8 Å². The Morgan fingerprint density at radius 2 is 2.00 bits per heavy atom. The summed E-state index contributed by atoms with van der Waals surface area (Å²) in [4.78, 5) is 12.3. The summed E-state index contributed by atoms with van der Waals surface area (Å²) in [5.74, 6) is 1.34. The second-order valence-corrected chi connectivity index (χ2v) is 4.12. The molecule has 0 aliphatic heterocycles. The van der Waals surface area contributed by atoms with Gasteiger partial charge in [-0.05, 0) is 32.5 Å². The normalized spacial score (nSPS) is 12.1. The van der Waals surface area contributed by atoms with Gasteiger partial charge in [0.05, 0.1) is 25.8 Å². The maximum atomic E-state index is 12.3. The van der Waals surface area contributed by atoms with Gasteiger partial charge in [0.15, 0.2) is 5.78 Å². The van der Waals surface area contributed by atoms with Crippen LogP contribution in [0.4, 0.5) is 0 Å². The van der Waals surface area contributed by atoms with Crippen LogP contribution in [-0.2, 0) is 0 Å². The number of carbonyl (C=O) groups is 1. The third-order valence-electron chi connectivity index (χ3n) is 2.95. The zero-order valence-electron chi connectivity index (χ0n) is 11.7. The second kappa shape index (κ2) is 6.40. The predicted molar refractivity (Wildman–Crippen MR) is 71.8 cm³/mol. The molecule has 0 radical (unpaired) electrons. The van der Waals surface area contributed by atoms with Gasteiger partial charge in [-0.25, -0.2) is 0 Å². The Morgan fingerprint density at radius 1 is 1.33 bits per heavy atom. The van der Waals surface area contributed by atoms with Crippen molar-refractivity contribution in [3.63, 3.8) is 0 Å². The zero-order valence-corrected chi connectivity index (χ0v) is 11.7. The largest absolute Gasteiger partial charge is 0.496 e. The molecule has 0 aromatic heterocycles. The van der Waals surface area contributed by atoms with Gasteiger partial charge in [-0.15, -0.1) is 0 Å². The summed E-state index contributed by atoms with van der Waals surface area (Å²) in [5.41, 5.74) is 1.43. The van der Waals surface area contributed by atoms with E-state index in [1.54, 1.807) is 26.4 Å². The van der Waals surface area contributed by atoms with E-state index in [2.05, 4.69) is 5.32 Å². The summed E-state index contributed by atoms with van der Waals surface area (Å²) >= 11 is 0. The summed E-state index contributed by atoms with van der Waals surface area (Å²) in [6.07, 6.45) is 0. The number of carbonyl (C=O) groups excluding carboxylic acids is 1. The number of hydrogen-bond donors (Lipinski definition) is 1. The van der Waals surface area contributed by atoms with Crippen molar-refractivity contribution in [1.29, 1.82) is 0 Å². The summed E-state index contributed by atoms with van der Waals surface area (Å²) in [5, 5.41) is 3.11. The molecular formula is C14H21NO3. The van der Waals surface area contributed by atoms with Crippen molar-refractivity contribution in [1.82, 2.24) is 5.32 Å². The van der Waals surface area contributed by atoms with Crippen LogP contribution >= 0.6 is 0 Å². The second-order valence-electron chi connectivity index (χ2n) is 4.12. The maximum Gasteiger partial charge on any atom is 0.183 e. The molecule has 4 nitrogen and oxygen atoms in total. The van der Waals surface area contributed by atoms with Gasteiger partial charge in [0.25, 0.3) is 0 Å². The molecule has 18 heavy (non-hydrogen) atoms. The van der Waals surface area contributed by atoms with E-state index in [1.165, 1.54) is 0 Å². The number of Topliss-reactive ketones (excluding diaryl/α,β-unsaturated/α-hetero) is 1. The van der Waals surface area contributed by atoms with Crippen LogP contribution in [0.1, 0.15) is 29.8 Å². The first-order valence-corrected chi connectivity index (χ1v) is 6.05. The molecule has 0 bridgehead atoms. The third kappa shape index (κ3) is 2.82. The van der Waals surface area contributed by atoms with Gasteiger partial charge in [-0.1, -0.05) is 6.92 Å². The standard InChI is InChI=1S/C14H21NO3/c1-6-15-10(3)13(16)11-7-8-12(17-4)9(2)14(11)18-5/h7-8,10,15H,6H2,1-5H3. The lowest BCUT2D eigenvalue weighted by Gasteiger charge is -2.16. The molecule has 0 aliphatic rings. The van der Waals surface area contributed by atoms with E-state index in [0.717, 1.165) is 17.9 Å². The quantitative estimate of drug-likeness (QED) is 0.787. The van der Waals surface area contributed by atoms with Crippen molar-refractivity contribution >= 4 is 5.78 Å². The van der Waals surface area contributed by atoms with Gasteiger partial charge >= 0.3 is 0 Å². The summed E-state index contributed by atoms with van der Waals surface area (Å²) in [6.45, 7) is 6.46. The average Bonchev–Trinajstić information content (AvgIpc) is 2.37. The first-order valence-electron chi connectivity index (χ1n) is 6.05. The van der Waals surface area contributed by atoms with Gasteiger partial charge in [-0.2, -0.15) is 0 Å². The lowest BCUT2D eigenvalue weighted by molar-refractivity contribution is 0.0949. The van der Waals surface area contributed by atoms with Crippen LogP contribution in [0.15, 0.2) is 12.1 Å². The predicted octanol–water partition coefficient (Wildman–Crippen LogP) is 2.19. The van der Waals surface area contributed by atoms with E-state index in [-0.39, 0.29) is 11.8 Å². The van der Waals surface area contributed by atoms with Gasteiger partial charge in [0.2, 0.25) is 0 Å². The number of benzene rings is 1. The fraction of sp³-hybridized carbons (Fsp3) is 0.500. The Balaban J connectivity index is 3.17. The van der Waals surface area contributed by atoms with Gasteiger partial charge in [0.1, 0.15) is 11.5 Å². The SMILES string of the molecule is CCNC(C)C(=O)c1ccc(OC)c(C)c1OC. The summed E-state index contributed by atoms with van der Waals surface area (Å²) in [7, 11) is 3.17. The molecule has 0 aliphatic carbocycles.